The molecule has 0 fully saturated rings. The van der Waals surface area contributed by atoms with Crippen molar-refractivity contribution in [2.45, 2.75) is 12.0 Å². The molecule has 3 N–H and O–H groups in total. The molecule has 0 aliphatic carbocycles. The van der Waals surface area contributed by atoms with Gasteiger partial charge in [0.1, 0.15) is 11.3 Å². The lowest BCUT2D eigenvalue weighted by atomic mass is 10.3. The molecule has 84 valence electrons. The van der Waals surface area contributed by atoms with E-state index in [1.54, 1.807) is 11.1 Å². The number of nitrogens with two attached hydrogens (primary N) is 1. The van der Waals surface area contributed by atoms with Crippen LogP contribution in [0.15, 0.2) is 36.3 Å². The lowest BCUT2D eigenvalue weighted by Gasteiger charge is -2.33. The average Bonchev–Trinajstić information content (AvgIpc) is 2.25. The summed E-state index contributed by atoms with van der Waals surface area (Å²) >= 11 is 4.25. The highest BCUT2D eigenvalue weighted by atomic mass is 32.1. The molecule has 5 nitrogen and oxygen atoms in total. The molecular formula is C10H12N4OS. The van der Waals surface area contributed by atoms with E-state index >= 15 is 0 Å². The monoisotopic (exact) mass is 236 g/mol. The summed E-state index contributed by atoms with van der Waals surface area (Å²) in [6, 6.07) is 5.64. The van der Waals surface area contributed by atoms with Gasteiger partial charge in [-0.25, -0.2) is 0 Å². The number of nitrogens with one attached hydrogen (secondary N) is 1. The Balaban J connectivity index is 2.15. The van der Waals surface area contributed by atoms with Gasteiger partial charge in [0.25, 0.3) is 0 Å². The van der Waals surface area contributed by atoms with Crippen molar-refractivity contribution >= 4 is 18.5 Å². The molecule has 0 radical (unpaired) electrons. The van der Waals surface area contributed by atoms with Crippen LogP contribution in [-0.4, -0.2) is 21.3 Å². The maximum atomic E-state index is 11.1. The lowest BCUT2D eigenvalue weighted by molar-refractivity contribution is -0.118. The van der Waals surface area contributed by atoms with Gasteiger partial charge in [-0.2, -0.15) is 0 Å². The third-order valence-corrected chi connectivity index (χ3v) is 2.64. The molecule has 1 aliphatic rings. The minimum absolute atomic E-state index is 0.227. The molecule has 1 atom stereocenters. The smallest absolute Gasteiger partial charge is 0.249 e. The Hall–Kier alpha value is -1.69. The standard InChI is InChI=1S/C10H12N4OS/c11-8-5-9(15)13-10(16)14(8)6-7-3-1-2-4-12-7/h1-5,10,16H,6,11H2,(H,13,15). The van der Waals surface area contributed by atoms with Crippen LogP contribution in [-0.2, 0) is 11.3 Å². The van der Waals surface area contributed by atoms with Crippen LogP contribution in [0.2, 0.25) is 0 Å². The van der Waals surface area contributed by atoms with E-state index in [-0.39, 0.29) is 5.91 Å². The first-order valence-electron chi connectivity index (χ1n) is 4.79. The molecule has 1 amide bonds. The number of amides is 1. The molecule has 0 saturated heterocycles. The van der Waals surface area contributed by atoms with Crippen LogP contribution in [0, 0.1) is 0 Å². The van der Waals surface area contributed by atoms with Gasteiger partial charge in [-0.1, -0.05) is 6.07 Å². The molecule has 0 spiro atoms. The zero-order chi connectivity index (χ0) is 11.5. The second-order valence-corrected chi connectivity index (χ2v) is 3.89. The Morgan fingerprint density at radius 3 is 3.00 bits per heavy atom. The molecule has 1 unspecified atom stereocenters. The van der Waals surface area contributed by atoms with Gasteiger partial charge in [0.2, 0.25) is 5.91 Å². The van der Waals surface area contributed by atoms with E-state index in [0.29, 0.717) is 12.4 Å². The Morgan fingerprint density at radius 1 is 1.56 bits per heavy atom. The van der Waals surface area contributed by atoms with Gasteiger partial charge in [0.05, 0.1) is 12.2 Å². The van der Waals surface area contributed by atoms with Crippen LogP contribution in [0.4, 0.5) is 0 Å². The van der Waals surface area contributed by atoms with Crippen LogP contribution >= 0.6 is 12.6 Å². The zero-order valence-corrected chi connectivity index (χ0v) is 9.39. The summed E-state index contributed by atoms with van der Waals surface area (Å²) < 4.78 is 0. The quantitative estimate of drug-likeness (QED) is 0.633. The SMILES string of the molecule is NC1=CC(=O)NC(S)N1Cc1ccccn1. The first-order chi connectivity index (χ1) is 7.66. The fraction of sp³-hybridized carbons (Fsp3) is 0.200. The van der Waals surface area contributed by atoms with Crippen LogP contribution in [0.25, 0.3) is 0 Å². The van der Waals surface area contributed by atoms with E-state index in [0.717, 1.165) is 5.69 Å². The largest absolute Gasteiger partial charge is 0.385 e. The second-order valence-electron chi connectivity index (χ2n) is 3.40. The van der Waals surface area contributed by atoms with E-state index in [1.807, 2.05) is 18.2 Å². The van der Waals surface area contributed by atoms with E-state index in [2.05, 4.69) is 22.9 Å². The number of nitrogens with zero attached hydrogens (tertiary/aromatic N) is 2. The Kier molecular flexibility index (Phi) is 3.00. The van der Waals surface area contributed by atoms with Crippen LogP contribution in [0.1, 0.15) is 5.69 Å². The van der Waals surface area contributed by atoms with Crippen LogP contribution in [0.5, 0.6) is 0 Å². The number of hydrogen-bond acceptors (Lipinski definition) is 5. The highest BCUT2D eigenvalue weighted by molar-refractivity contribution is 7.80. The van der Waals surface area contributed by atoms with Gasteiger partial charge in [-0.15, -0.1) is 12.6 Å². The van der Waals surface area contributed by atoms with E-state index in [1.165, 1.54) is 6.08 Å². The molecule has 0 aromatic carbocycles. The number of rotatable bonds is 2. The predicted octanol–water partition coefficient (Wildman–Crippen LogP) is 0.0269. The minimum atomic E-state index is -0.417. The maximum Gasteiger partial charge on any atom is 0.249 e. The Morgan fingerprint density at radius 2 is 2.38 bits per heavy atom. The summed E-state index contributed by atoms with van der Waals surface area (Å²) in [6.07, 6.45) is 3.06. The lowest BCUT2D eigenvalue weighted by Crippen LogP contribution is -2.49. The summed E-state index contributed by atoms with van der Waals surface area (Å²) in [5.41, 5.74) is 6.21. The van der Waals surface area contributed by atoms with Crippen molar-refractivity contribution in [3.63, 3.8) is 0 Å². The van der Waals surface area contributed by atoms with E-state index in [9.17, 15) is 4.79 Å². The van der Waals surface area contributed by atoms with Crippen molar-refractivity contribution in [2.75, 3.05) is 0 Å². The molecule has 16 heavy (non-hydrogen) atoms. The first-order valence-corrected chi connectivity index (χ1v) is 5.31. The third-order valence-electron chi connectivity index (χ3n) is 2.24. The van der Waals surface area contributed by atoms with Gasteiger partial charge in [-0.3, -0.25) is 9.78 Å². The summed E-state index contributed by atoms with van der Waals surface area (Å²) in [5, 5.41) is 2.65. The molecule has 0 saturated carbocycles. The number of aromatic nitrogens is 1. The van der Waals surface area contributed by atoms with Crippen molar-refractivity contribution in [1.29, 1.82) is 0 Å². The van der Waals surface area contributed by atoms with Crippen molar-refractivity contribution in [1.82, 2.24) is 15.2 Å². The minimum Gasteiger partial charge on any atom is -0.385 e. The van der Waals surface area contributed by atoms with Crippen molar-refractivity contribution in [2.24, 2.45) is 5.73 Å². The molecular weight excluding hydrogens is 224 g/mol. The molecule has 2 heterocycles. The average molecular weight is 236 g/mol. The Bertz CT molecular complexity index is 420. The normalized spacial score (nSPS) is 20.3. The number of carbonyl (C=O) groups excluding carboxylic acids is 1. The van der Waals surface area contributed by atoms with Crippen molar-refractivity contribution in [3.8, 4) is 0 Å². The number of carbonyl (C=O) groups is 1. The van der Waals surface area contributed by atoms with Gasteiger partial charge in [-0.05, 0) is 12.1 Å². The number of pyridine rings is 1. The van der Waals surface area contributed by atoms with Gasteiger partial charge >= 0.3 is 0 Å². The van der Waals surface area contributed by atoms with Crippen LogP contribution in [0.3, 0.4) is 0 Å². The molecule has 1 aromatic rings. The molecule has 1 aromatic heterocycles. The first kappa shape index (κ1) is 10.8. The highest BCUT2D eigenvalue weighted by Gasteiger charge is 2.23. The molecule has 1 aliphatic heterocycles. The van der Waals surface area contributed by atoms with Crippen molar-refractivity contribution < 1.29 is 4.79 Å². The Labute approximate surface area is 98.7 Å². The molecule has 0 bridgehead atoms. The molecule has 6 heteroatoms. The van der Waals surface area contributed by atoms with Gasteiger partial charge in [0.15, 0.2) is 0 Å². The fourth-order valence-corrected chi connectivity index (χ4v) is 1.79. The second kappa shape index (κ2) is 4.44. The number of thiol groups is 1. The molecule has 2 rings (SSSR count). The third kappa shape index (κ3) is 2.27. The van der Waals surface area contributed by atoms with Crippen LogP contribution < -0.4 is 11.1 Å². The zero-order valence-electron chi connectivity index (χ0n) is 8.50. The highest BCUT2D eigenvalue weighted by Crippen LogP contribution is 2.14. The summed E-state index contributed by atoms with van der Waals surface area (Å²) in [5.74, 6) is 0.171. The maximum absolute atomic E-state index is 11.1. The predicted molar refractivity (Wildman–Crippen MR) is 63.0 cm³/mol. The van der Waals surface area contributed by atoms with Gasteiger partial charge < -0.3 is 16.0 Å². The van der Waals surface area contributed by atoms with E-state index in [4.69, 9.17) is 5.73 Å². The summed E-state index contributed by atoms with van der Waals surface area (Å²) in [6.45, 7) is 0.512. The van der Waals surface area contributed by atoms with Crippen molar-refractivity contribution in [3.05, 3.63) is 42.0 Å². The number of hydrogen-bond donors (Lipinski definition) is 3. The summed E-state index contributed by atoms with van der Waals surface area (Å²) in [7, 11) is 0. The summed E-state index contributed by atoms with van der Waals surface area (Å²) in [4.78, 5) is 17.1. The van der Waals surface area contributed by atoms with E-state index < -0.39 is 5.50 Å². The topological polar surface area (TPSA) is 71.2 Å². The van der Waals surface area contributed by atoms with Gasteiger partial charge in [0, 0.05) is 12.3 Å². The fourth-order valence-electron chi connectivity index (χ4n) is 1.45.